The highest BCUT2D eigenvalue weighted by atomic mass is 16.1. The fraction of sp³-hybridized carbons (Fsp3) is 0.417. The number of allylic oxidation sites excluding steroid dienone is 2. The van der Waals surface area contributed by atoms with E-state index >= 15 is 0 Å². The van der Waals surface area contributed by atoms with E-state index < -0.39 is 0 Å². The molecular weight excluding hydrogens is 174 g/mol. The van der Waals surface area contributed by atoms with E-state index in [0.29, 0.717) is 0 Å². The van der Waals surface area contributed by atoms with Crippen molar-refractivity contribution in [1.29, 1.82) is 0 Å². The lowest BCUT2D eigenvalue weighted by molar-refractivity contribution is 0.103. The zero-order valence-corrected chi connectivity index (χ0v) is 8.49. The maximum atomic E-state index is 11.8. The first-order valence-corrected chi connectivity index (χ1v) is 5.22. The Morgan fingerprint density at radius 3 is 3.14 bits per heavy atom. The summed E-state index contributed by atoms with van der Waals surface area (Å²) < 4.78 is 2.01. The zero-order chi connectivity index (χ0) is 9.97. The molecule has 0 saturated carbocycles. The summed E-state index contributed by atoms with van der Waals surface area (Å²) in [5, 5.41) is 0. The summed E-state index contributed by atoms with van der Waals surface area (Å²) in [6.07, 6.45) is 7.45. The van der Waals surface area contributed by atoms with Gasteiger partial charge in [-0.15, -0.1) is 0 Å². The molecule has 0 N–H and O–H groups in total. The van der Waals surface area contributed by atoms with Gasteiger partial charge in [0.05, 0.1) is 12.2 Å². The van der Waals surface area contributed by atoms with Crippen LogP contribution < -0.4 is 0 Å². The first kappa shape index (κ1) is 9.25. The Kier molecular flexibility index (Phi) is 2.53. The van der Waals surface area contributed by atoms with Crippen LogP contribution >= 0.6 is 0 Å². The van der Waals surface area contributed by atoms with Crippen LogP contribution in [0.3, 0.4) is 0 Å². The zero-order valence-electron chi connectivity index (χ0n) is 8.49. The fourth-order valence-corrected chi connectivity index (χ4v) is 1.82. The van der Waals surface area contributed by atoms with E-state index in [2.05, 4.69) is 13.0 Å². The van der Waals surface area contributed by atoms with E-state index in [1.165, 1.54) is 12.8 Å². The van der Waals surface area contributed by atoms with Crippen LogP contribution in [0.5, 0.6) is 0 Å². The number of nitrogens with zero attached hydrogens (tertiary/aromatic N) is 1. The lowest BCUT2D eigenvalue weighted by atomic mass is 10.1. The Morgan fingerprint density at radius 2 is 2.43 bits per heavy atom. The standard InChI is InChI=1S/C12H15NO/c1-2-3-4-6-10-9-13-8-5-7-11(13)12(10)14/h5-8H,2-4,9H2,1H3/b10-6+. The van der Waals surface area contributed by atoms with Crippen LogP contribution in [0.1, 0.15) is 36.7 Å². The highest BCUT2D eigenvalue weighted by molar-refractivity contribution is 6.09. The number of fused-ring (bicyclic) bond motifs is 1. The van der Waals surface area contributed by atoms with Crippen LogP contribution in [0.2, 0.25) is 0 Å². The minimum absolute atomic E-state index is 0.214. The number of ketones is 1. The number of unbranched alkanes of at least 4 members (excludes halogenated alkanes) is 2. The van der Waals surface area contributed by atoms with Gasteiger partial charge in [-0.3, -0.25) is 4.79 Å². The molecule has 74 valence electrons. The molecule has 1 aliphatic rings. The van der Waals surface area contributed by atoms with E-state index in [9.17, 15) is 4.79 Å². The molecule has 0 unspecified atom stereocenters. The van der Waals surface area contributed by atoms with Gasteiger partial charge < -0.3 is 4.57 Å². The van der Waals surface area contributed by atoms with Crippen molar-refractivity contribution < 1.29 is 4.79 Å². The van der Waals surface area contributed by atoms with E-state index in [1.807, 2.05) is 22.9 Å². The first-order chi connectivity index (χ1) is 6.83. The van der Waals surface area contributed by atoms with Crippen molar-refractivity contribution in [3.05, 3.63) is 35.7 Å². The molecule has 0 radical (unpaired) electrons. The quantitative estimate of drug-likeness (QED) is 0.529. The molecule has 0 saturated heterocycles. The SMILES string of the molecule is CCCC/C=C1\Cn2cccc2C1=O. The van der Waals surface area contributed by atoms with Crippen LogP contribution in [0, 0.1) is 0 Å². The number of carbonyl (C=O) groups excluding carboxylic acids is 1. The minimum atomic E-state index is 0.214. The topological polar surface area (TPSA) is 22.0 Å². The predicted molar refractivity (Wildman–Crippen MR) is 56.4 cm³/mol. The molecule has 2 heteroatoms. The summed E-state index contributed by atoms with van der Waals surface area (Å²) in [6.45, 7) is 2.93. The Morgan fingerprint density at radius 1 is 1.57 bits per heavy atom. The average Bonchev–Trinajstić information content (AvgIpc) is 2.72. The minimum Gasteiger partial charge on any atom is -0.340 e. The molecule has 14 heavy (non-hydrogen) atoms. The van der Waals surface area contributed by atoms with Gasteiger partial charge in [0, 0.05) is 11.8 Å². The third kappa shape index (κ3) is 1.52. The molecule has 1 aliphatic heterocycles. The molecule has 0 bridgehead atoms. The number of hydrogen-bond acceptors (Lipinski definition) is 1. The van der Waals surface area contributed by atoms with Gasteiger partial charge in [0.15, 0.2) is 0 Å². The molecule has 0 amide bonds. The Labute approximate surface area is 84.2 Å². The summed E-state index contributed by atoms with van der Waals surface area (Å²) in [7, 11) is 0. The first-order valence-electron chi connectivity index (χ1n) is 5.22. The lowest BCUT2D eigenvalue weighted by Crippen LogP contribution is -1.94. The van der Waals surface area contributed by atoms with Crippen molar-refractivity contribution in [2.75, 3.05) is 0 Å². The second-order valence-corrected chi connectivity index (χ2v) is 3.72. The van der Waals surface area contributed by atoms with E-state index in [4.69, 9.17) is 0 Å². The van der Waals surface area contributed by atoms with Crippen molar-refractivity contribution in [3.63, 3.8) is 0 Å². The summed E-state index contributed by atoms with van der Waals surface area (Å²) in [5.74, 6) is 0.214. The maximum Gasteiger partial charge on any atom is 0.206 e. The van der Waals surface area contributed by atoms with Gasteiger partial charge in [-0.05, 0) is 18.6 Å². The van der Waals surface area contributed by atoms with Crippen molar-refractivity contribution in [3.8, 4) is 0 Å². The molecule has 0 aromatic carbocycles. The number of Topliss-reactive ketones (excluding diaryl/α,β-unsaturated/α-hetero) is 1. The molecule has 2 nitrogen and oxygen atoms in total. The second kappa shape index (κ2) is 3.82. The Hall–Kier alpha value is -1.31. The van der Waals surface area contributed by atoms with E-state index in [-0.39, 0.29) is 5.78 Å². The highest BCUT2D eigenvalue weighted by Crippen LogP contribution is 2.20. The van der Waals surface area contributed by atoms with Crippen LogP contribution in [0.4, 0.5) is 0 Å². The van der Waals surface area contributed by atoms with Gasteiger partial charge in [-0.2, -0.15) is 0 Å². The van der Waals surface area contributed by atoms with Crippen LogP contribution in [0.25, 0.3) is 0 Å². The lowest BCUT2D eigenvalue weighted by Gasteiger charge is -1.94. The molecule has 0 fully saturated rings. The molecule has 0 atom stereocenters. The molecule has 2 heterocycles. The number of rotatable bonds is 3. The molecule has 1 aromatic heterocycles. The predicted octanol–water partition coefficient (Wildman–Crippen LogP) is 2.80. The van der Waals surface area contributed by atoms with Gasteiger partial charge >= 0.3 is 0 Å². The summed E-state index contributed by atoms with van der Waals surface area (Å²) in [5.41, 5.74) is 1.81. The van der Waals surface area contributed by atoms with E-state index in [1.54, 1.807) is 0 Å². The fourth-order valence-electron chi connectivity index (χ4n) is 1.82. The summed E-state index contributed by atoms with van der Waals surface area (Å²) >= 11 is 0. The van der Waals surface area contributed by atoms with Gasteiger partial charge in [0.1, 0.15) is 0 Å². The largest absolute Gasteiger partial charge is 0.340 e. The normalized spacial score (nSPS) is 17.8. The molecule has 0 aliphatic carbocycles. The smallest absolute Gasteiger partial charge is 0.206 e. The molecule has 2 rings (SSSR count). The number of carbonyl (C=O) groups is 1. The number of hydrogen-bond donors (Lipinski definition) is 0. The third-order valence-electron chi connectivity index (χ3n) is 2.64. The van der Waals surface area contributed by atoms with Gasteiger partial charge in [-0.1, -0.05) is 25.8 Å². The van der Waals surface area contributed by atoms with Gasteiger partial charge in [0.2, 0.25) is 5.78 Å². The van der Waals surface area contributed by atoms with Crippen molar-refractivity contribution >= 4 is 5.78 Å². The van der Waals surface area contributed by atoms with Crippen LogP contribution in [-0.4, -0.2) is 10.4 Å². The Bertz CT molecular complexity index is 373. The molecule has 1 aromatic rings. The number of aromatic nitrogens is 1. The summed E-state index contributed by atoms with van der Waals surface area (Å²) in [6, 6.07) is 3.82. The second-order valence-electron chi connectivity index (χ2n) is 3.72. The van der Waals surface area contributed by atoms with E-state index in [0.717, 1.165) is 24.2 Å². The van der Waals surface area contributed by atoms with Crippen molar-refractivity contribution in [1.82, 2.24) is 4.57 Å². The Balaban J connectivity index is 2.10. The van der Waals surface area contributed by atoms with Crippen molar-refractivity contribution in [2.24, 2.45) is 0 Å². The highest BCUT2D eigenvalue weighted by Gasteiger charge is 2.22. The third-order valence-corrected chi connectivity index (χ3v) is 2.64. The maximum absolute atomic E-state index is 11.8. The van der Waals surface area contributed by atoms with Gasteiger partial charge in [0.25, 0.3) is 0 Å². The van der Waals surface area contributed by atoms with Crippen LogP contribution in [0.15, 0.2) is 30.0 Å². The van der Waals surface area contributed by atoms with Crippen LogP contribution in [-0.2, 0) is 6.54 Å². The van der Waals surface area contributed by atoms with Gasteiger partial charge in [-0.25, -0.2) is 0 Å². The molecule has 0 spiro atoms. The van der Waals surface area contributed by atoms with Crippen molar-refractivity contribution in [2.45, 2.75) is 32.7 Å². The molecular formula is C12H15NO. The summed E-state index contributed by atoms with van der Waals surface area (Å²) in [4.78, 5) is 11.8. The monoisotopic (exact) mass is 189 g/mol. The average molecular weight is 189 g/mol.